The molecule has 1 fully saturated rings. The van der Waals surface area contributed by atoms with Gasteiger partial charge in [0.05, 0.1) is 6.42 Å². The topological polar surface area (TPSA) is 86.5 Å². The minimum Gasteiger partial charge on any atom is -0.454 e. The lowest BCUT2D eigenvalue weighted by molar-refractivity contribution is -0.119. The Bertz CT molecular complexity index is 722. The van der Waals surface area contributed by atoms with E-state index in [2.05, 4.69) is 15.5 Å². The largest absolute Gasteiger partial charge is 0.454 e. The van der Waals surface area contributed by atoms with Crippen LogP contribution in [0.4, 0.5) is 6.01 Å². The van der Waals surface area contributed by atoms with Crippen molar-refractivity contribution >= 4 is 11.9 Å². The molecule has 1 aliphatic heterocycles. The van der Waals surface area contributed by atoms with Crippen LogP contribution in [0.3, 0.4) is 0 Å². The summed E-state index contributed by atoms with van der Waals surface area (Å²) in [5.74, 6) is 1.95. The van der Waals surface area contributed by atoms with E-state index in [4.69, 9.17) is 13.9 Å². The highest BCUT2D eigenvalue weighted by atomic mass is 16.7. The molecule has 2 heterocycles. The van der Waals surface area contributed by atoms with Crippen molar-refractivity contribution in [3.05, 3.63) is 29.7 Å². The predicted molar refractivity (Wildman–Crippen MR) is 80.3 cm³/mol. The van der Waals surface area contributed by atoms with Crippen molar-refractivity contribution in [1.29, 1.82) is 0 Å². The van der Waals surface area contributed by atoms with Gasteiger partial charge >= 0.3 is 6.01 Å². The molecular formula is C16H17N3O4. The number of ether oxygens (including phenoxy) is 2. The van der Waals surface area contributed by atoms with E-state index in [0.717, 1.165) is 42.7 Å². The van der Waals surface area contributed by atoms with E-state index >= 15 is 0 Å². The third-order valence-corrected chi connectivity index (χ3v) is 4.22. The molecule has 2 aliphatic rings. The first kappa shape index (κ1) is 14.0. The van der Waals surface area contributed by atoms with Crippen LogP contribution < -0.4 is 14.8 Å². The molecule has 1 saturated carbocycles. The molecule has 120 valence electrons. The fraction of sp³-hybridized carbons (Fsp3) is 0.438. The van der Waals surface area contributed by atoms with Gasteiger partial charge in [-0.3, -0.25) is 10.1 Å². The van der Waals surface area contributed by atoms with Crippen LogP contribution in [-0.2, 0) is 11.2 Å². The number of nitrogens with one attached hydrogen (secondary N) is 1. The van der Waals surface area contributed by atoms with Gasteiger partial charge in [-0.05, 0) is 30.5 Å². The molecule has 0 atom stereocenters. The van der Waals surface area contributed by atoms with Crippen LogP contribution in [0, 0.1) is 5.92 Å². The SMILES string of the molecule is O=C(Nc1nnc(Cc2ccc3c(c2)OCO3)o1)C1CCCC1. The summed E-state index contributed by atoms with van der Waals surface area (Å²) in [5, 5.41) is 10.6. The van der Waals surface area contributed by atoms with E-state index in [-0.39, 0.29) is 24.6 Å². The minimum absolute atomic E-state index is 0.0271. The monoisotopic (exact) mass is 315 g/mol. The summed E-state index contributed by atoms with van der Waals surface area (Å²) in [6.07, 6.45) is 4.56. The van der Waals surface area contributed by atoms with Gasteiger partial charge in [-0.2, -0.15) is 0 Å². The van der Waals surface area contributed by atoms with E-state index in [9.17, 15) is 4.79 Å². The van der Waals surface area contributed by atoms with Gasteiger partial charge in [0.1, 0.15) is 0 Å². The number of nitrogens with zero attached hydrogens (tertiary/aromatic N) is 2. The Morgan fingerprint density at radius 1 is 1.17 bits per heavy atom. The maximum Gasteiger partial charge on any atom is 0.322 e. The summed E-state index contributed by atoms with van der Waals surface area (Å²) in [4.78, 5) is 12.0. The van der Waals surface area contributed by atoms with Crippen molar-refractivity contribution < 1.29 is 18.7 Å². The van der Waals surface area contributed by atoms with Gasteiger partial charge in [0, 0.05) is 5.92 Å². The van der Waals surface area contributed by atoms with E-state index in [0.29, 0.717) is 12.3 Å². The van der Waals surface area contributed by atoms with Crippen LogP contribution in [0.15, 0.2) is 22.6 Å². The van der Waals surface area contributed by atoms with Gasteiger partial charge < -0.3 is 13.9 Å². The maximum absolute atomic E-state index is 12.0. The molecule has 4 rings (SSSR count). The average molecular weight is 315 g/mol. The van der Waals surface area contributed by atoms with E-state index in [1.54, 1.807) is 0 Å². The van der Waals surface area contributed by atoms with Crippen molar-refractivity contribution in [1.82, 2.24) is 10.2 Å². The first-order chi connectivity index (χ1) is 11.3. The van der Waals surface area contributed by atoms with Gasteiger partial charge in [-0.15, -0.1) is 5.10 Å². The standard InChI is InChI=1S/C16H17N3O4/c20-15(11-3-1-2-4-11)17-16-19-18-14(23-16)8-10-5-6-12-13(7-10)22-9-21-12/h5-7,11H,1-4,8-9H2,(H,17,19,20). The number of aromatic nitrogens is 2. The lowest BCUT2D eigenvalue weighted by atomic mass is 10.1. The molecule has 7 heteroatoms. The Balaban J connectivity index is 1.40. The molecule has 1 aromatic carbocycles. The minimum atomic E-state index is -0.0271. The third-order valence-electron chi connectivity index (χ3n) is 4.22. The summed E-state index contributed by atoms with van der Waals surface area (Å²) < 4.78 is 16.1. The Labute approximate surface area is 133 Å². The number of rotatable bonds is 4. The summed E-state index contributed by atoms with van der Waals surface area (Å²) in [6, 6.07) is 5.84. The first-order valence-corrected chi connectivity index (χ1v) is 7.80. The molecule has 2 aromatic rings. The zero-order valence-corrected chi connectivity index (χ0v) is 12.6. The highest BCUT2D eigenvalue weighted by Crippen LogP contribution is 2.33. The number of fused-ring (bicyclic) bond motifs is 1. The fourth-order valence-corrected chi connectivity index (χ4v) is 3.00. The maximum atomic E-state index is 12.0. The summed E-state index contributed by atoms with van der Waals surface area (Å²) in [6.45, 7) is 0.247. The van der Waals surface area contributed by atoms with Crippen LogP contribution in [-0.4, -0.2) is 22.9 Å². The molecule has 1 amide bonds. The highest BCUT2D eigenvalue weighted by molar-refractivity contribution is 5.90. The number of carbonyl (C=O) groups is 1. The molecule has 0 saturated heterocycles. The van der Waals surface area contributed by atoms with E-state index in [1.807, 2.05) is 18.2 Å². The second kappa shape index (κ2) is 5.91. The summed E-state index contributed by atoms with van der Waals surface area (Å²) >= 11 is 0. The van der Waals surface area contributed by atoms with Crippen LogP contribution in [0.1, 0.15) is 37.1 Å². The van der Waals surface area contributed by atoms with Gasteiger partial charge in [0.25, 0.3) is 0 Å². The normalized spacial score (nSPS) is 16.7. The highest BCUT2D eigenvalue weighted by Gasteiger charge is 2.24. The Morgan fingerprint density at radius 3 is 2.87 bits per heavy atom. The molecule has 0 unspecified atom stereocenters. The zero-order chi connectivity index (χ0) is 15.6. The van der Waals surface area contributed by atoms with Crippen molar-refractivity contribution in [2.75, 3.05) is 12.1 Å². The van der Waals surface area contributed by atoms with Gasteiger partial charge in [-0.25, -0.2) is 0 Å². The molecule has 1 N–H and O–H groups in total. The number of carbonyl (C=O) groups excluding carboxylic acids is 1. The van der Waals surface area contributed by atoms with Crippen molar-refractivity contribution in [3.8, 4) is 11.5 Å². The van der Waals surface area contributed by atoms with Crippen LogP contribution in [0.2, 0.25) is 0 Å². The van der Waals surface area contributed by atoms with Gasteiger partial charge in [0.2, 0.25) is 18.6 Å². The van der Waals surface area contributed by atoms with Crippen molar-refractivity contribution in [2.45, 2.75) is 32.1 Å². The van der Waals surface area contributed by atoms with Crippen LogP contribution in [0.5, 0.6) is 11.5 Å². The molecule has 0 bridgehead atoms. The smallest absolute Gasteiger partial charge is 0.322 e. The molecule has 7 nitrogen and oxygen atoms in total. The zero-order valence-electron chi connectivity index (χ0n) is 12.6. The predicted octanol–water partition coefficient (Wildman–Crippen LogP) is 2.52. The number of hydrogen-bond acceptors (Lipinski definition) is 6. The second-order valence-corrected chi connectivity index (χ2v) is 5.84. The lowest BCUT2D eigenvalue weighted by Crippen LogP contribution is -2.20. The average Bonchev–Trinajstić information content (AvgIpc) is 3.28. The van der Waals surface area contributed by atoms with Crippen LogP contribution >= 0.6 is 0 Å². The molecule has 1 aliphatic carbocycles. The Hall–Kier alpha value is -2.57. The molecular weight excluding hydrogens is 298 g/mol. The van der Waals surface area contributed by atoms with E-state index in [1.165, 1.54) is 0 Å². The van der Waals surface area contributed by atoms with Crippen LogP contribution in [0.25, 0.3) is 0 Å². The molecule has 0 radical (unpaired) electrons. The van der Waals surface area contributed by atoms with Gasteiger partial charge in [0.15, 0.2) is 11.5 Å². The van der Waals surface area contributed by atoms with Crippen molar-refractivity contribution in [3.63, 3.8) is 0 Å². The fourth-order valence-electron chi connectivity index (χ4n) is 3.00. The molecule has 23 heavy (non-hydrogen) atoms. The summed E-state index contributed by atoms with van der Waals surface area (Å²) in [5.41, 5.74) is 0.978. The number of hydrogen-bond donors (Lipinski definition) is 1. The Morgan fingerprint density at radius 2 is 2.00 bits per heavy atom. The second-order valence-electron chi connectivity index (χ2n) is 5.84. The number of benzene rings is 1. The number of amides is 1. The van der Waals surface area contributed by atoms with Crippen molar-refractivity contribution in [2.24, 2.45) is 5.92 Å². The summed E-state index contributed by atoms with van der Waals surface area (Å²) in [7, 11) is 0. The quantitative estimate of drug-likeness (QED) is 0.933. The Kier molecular flexibility index (Phi) is 3.61. The number of anilines is 1. The molecule has 1 aromatic heterocycles. The third kappa shape index (κ3) is 2.99. The molecule has 0 spiro atoms. The first-order valence-electron chi connectivity index (χ1n) is 7.80. The lowest BCUT2D eigenvalue weighted by Gasteiger charge is -2.06. The van der Waals surface area contributed by atoms with Gasteiger partial charge in [-0.1, -0.05) is 24.0 Å². The van der Waals surface area contributed by atoms with E-state index < -0.39 is 0 Å².